The molecule has 292 valence electrons. The minimum absolute atomic E-state index is 0.788. The van der Waals surface area contributed by atoms with Crippen molar-refractivity contribution in [1.82, 2.24) is 23.7 Å². The molecule has 4 aromatic heterocycles. The standard InChI is InChI=1S/C58H35N5/c1-2-16-39(17-3-1)61-50-24-12-8-20-43(50)45-30-27-38(34-53(45)61)56-58(60-49-23-11-10-22-48(49)59-56)63-52-33-28-36-14-4-6-18-41(36)55(52)47-32-29-40(35-54(47)63)62-51-25-13-9-21-44(51)46-31-26-37-15-5-7-19-42(37)57(46)62/h1-35H. The van der Waals surface area contributed by atoms with E-state index < -0.39 is 0 Å². The third-order valence-corrected chi connectivity index (χ3v) is 13.2. The van der Waals surface area contributed by atoms with Gasteiger partial charge in [0.15, 0.2) is 5.82 Å². The minimum Gasteiger partial charge on any atom is -0.309 e. The molecule has 14 rings (SSSR count). The SMILES string of the molecule is c1ccc(-n2c3ccccc3c3ccc(-c4nc5ccccc5nc4-n4c5cc(-n6c7ccccc7c7ccc8ccccc8c76)ccc5c5c6ccccc6ccc54)cc32)cc1. The predicted molar refractivity (Wildman–Crippen MR) is 263 cm³/mol. The van der Waals surface area contributed by atoms with E-state index in [1.54, 1.807) is 0 Å². The van der Waals surface area contributed by atoms with Crippen molar-refractivity contribution in [3.05, 3.63) is 212 Å². The van der Waals surface area contributed by atoms with Crippen LogP contribution in [0, 0.1) is 0 Å². The summed E-state index contributed by atoms with van der Waals surface area (Å²) in [7, 11) is 0. The summed E-state index contributed by atoms with van der Waals surface area (Å²) in [5, 5.41) is 12.1. The lowest BCUT2D eigenvalue weighted by molar-refractivity contribution is 1.08. The monoisotopic (exact) mass is 801 g/mol. The zero-order valence-corrected chi connectivity index (χ0v) is 33.9. The van der Waals surface area contributed by atoms with Crippen molar-refractivity contribution >= 4 is 98.0 Å². The Morgan fingerprint density at radius 2 is 0.873 bits per heavy atom. The van der Waals surface area contributed by atoms with Crippen LogP contribution in [0.5, 0.6) is 0 Å². The van der Waals surface area contributed by atoms with Crippen LogP contribution in [0.4, 0.5) is 0 Å². The highest BCUT2D eigenvalue weighted by Crippen LogP contribution is 2.43. The van der Waals surface area contributed by atoms with Gasteiger partial charge in [0.05, 0.1) is 44.1 Å². The van der Waals surface area contributed by atoms with Gasteiger partial charge in [0.2, 0.25) is 0 Å². The number of nitrogens with zero attached hydrogens (tertiary/aromatic N) is 5. The van der Waals surface area contributed by atoms with Gasteiger partial charge >= 0.3 is 0 Å². The molecular formula is C58H35N5. The van der Waals surface area contributed by atoms with Gasteiger partial charge in [-0.05, 0) is 76.8 Å². The molecule has 0 amide bonds. The summed E-state index contributed by atoms with van der Waals surface area (Å²) in [6.07, 6.45) is 0. The first kappa shape index (κ1) is 34.2. The number of hydrogen-bond donors (Lipinski definition) is 0. The van der Waals surface area contributed by atoms with E-state index in [4.69, 9.17) is 9.97 Å². The smallest absolute Gasteiger partial charge is 0.165 e. The van der Waals surface area contributed by atoms with Gasteiger partial charge in [-0.3, -0.25) is 4.57 Å². The summed E-state index contributed by atoms with van der Waals surface area (Å²) in [6.45, 7) is 0. The maximum absolute atomic E-state index is 5.60. The van der Waals surface area contributed by atoms with Crippen LogP contribution >= 0.6 is 0 Å². The maximum atomic E-state index is 5.60. The summed E-state index contributed by atoms with van der Waals surface area (Å²) in [6, 6.07) is 76.6. The molecular weight excluding hydrogens is 767 g/mol. The highest BCUT2D eigenvalue weighted by atomic mass is 15.1. The number of benzene rings is 10. The number of para-hydroxylation sites is 5. The van der Waals surface area contributed by atoms with Crippen molar-refractivity contribution in [1.29, 1.82) is 0 Å². The maximum Gasteiger partial charge on any atom is 0.165 e. The van der Waals surface area contributed by atoms with Crippen LogP contribution in [0.3, 0.4) is 0 Å². The van der Waals surface area contributed by atoms with Crippen LogP contribution < -0.4 is 0 Å². The van der Waals surface area contributed by atoms with Crippen LogP contribution in [0.25, 0.3) is 126 Å². The van der Waals surface area contributed by atoms with Crippen LogP contribution in [0.1, 0.15) is 0 Å². The Morgan fingerprint density at radius 1 is 0.302 bits per heavy atom. The number of rotatable bonds is 4. The fraction of sp³-hybridized carbons (Fsp3) is 0. The van der Waals surface area contributed by atoms with Crippen molar-refractivity contribution in [2.45, 2.75) is 0 Å². The second-order valence-electron chi connectivity index (χ2n) is 16.6. The van der Waals surface area contributed by atoms with E-state index in [-0.39, 0.29) is 0 Å². The first-order valence-corrected chi connectivity index (χ1v) is 21.5. The van der Waals surface area contributed by atoms with E-state index in [0.29, 0.717) is 0 Å². The third kappa shape index (κ3) is 4.87. The molecule has 0 N–H and O–H groups in total. The van der Waals surface area contributed by atoms with Gasteiger partial charge < -0.3 is 9.13 Å². The average Bonchev–Trinajstić information content (AvgIpc) is 3.99. The van der Waals surface area contributed by atoms with Crippen molar-refractivity contribution in [2.75, 3.05) is 0 Å². The molecule has 10 aromatic carbocycles. The summed E-state index contributed by atoms with van der Waals surface area (Å²) in [4.78, 5) is 11.1. The van der Waals surface area contributed by atoms with Crippen LogP contribution in [0.15, 0.2) is 212 Å². The molecule has 0 spiro atoms. The molecule has 14 aromatic rings. The van der Waals surface area contributed by atoms with E-state index in [1.807, 2.05) is 6.07 Å². The van der Waals surface area contributed by atoms with E-state index in [9.17, 15) is 0 Å². The molecule has 0 saturated heterocycles. The first-order valence-electron chi connectivity index (χ1n) is 21.5. The largest absolute Gasteiger partial charge is 0.309 e. The number of hydrogen-bond acceptors (Lipinski definition) is 2. The minimum atomic E-state index is 0.788. The molecule has 0 atom stereocenters. The Hall–Kier alpha value is -8.54. The molecule has 0 unspecified atom stereocenters. The topological polar surface area (TPSA) is 40.6 Å². The van der Waals surface area contributed by atoms with Crippen LogP contribution in [-0.2, 0) is 0 Å². The molecule has 5 nitrogen and oxygen atoms in total. The van der Waals surface area contributed by atoms with E-state index >= 15 is 0 Å². The molecule has 0 saturated carbocycles. The Labute approximate surface area is 360 Å². The number of aromatic nitrogens is 5. The van der Waals surface area contributed by atoms with Crippen molar-refractivity contribution in [2.24, 2.45) is 0 Å². The highest BCUT2D eigenvalue weighted by Gasteiger charge is 2.23. The van der Waals surface area contributed by atoms with Gasteiger partial charge in [0.1, 0.15) is 5.69 Å². The van der Waals surface area contributed by atoms with Crippen molar-refractivity contribution in [3.8, 4) is 28.5 Å². The normalized spacial score (nSPS) is 12.1. The zero-order valence-electron chi connectivity index (χ0n) is 33.9. The van der Waals surface area contributed by atoms with Gasteiger partial charge in [0.25, 0.3) is 0 Å². The van der Waals surface area contributed by atoms with Crippen LogP contribution in [-0.4, -0.2) is 23.7 Å². The first-order chi connectivity index (χ1) is 31.3. The van der Waals surface area contributed by atoms with Gasteiger partial charge in [0, 0.05) is 54.6 Å². The fourth-order valence-electron chi connectivity index (χ4n) is 10.5. The summed E-state index contributed by atoms with van der Waals surface area (Å²) >= 11 is 0. The highest BCUT2D eigenvalue weighted by molar-refractivity contribution is 6.23. The second-order valence-corrected chi connectivity index (χ2v) is 16.6. The van der Waals surface area contributed by atoms with E-state index in [0.717, 1.165) is 61.4 Å². The van der Waals surface area contributed by atoms with Crippen molar-refractivity contribution < 1.29 is 0 Å². The molecule has 5 heteroatoms. The van der Waals surface area contributed by atoms with Gasteiger partial charge in [-0.2, -0.15) is 0 Å². The molecule has 0 aliphatic rings. The Bertz CT molecular complexity index is 4210. The Kier molecular flexibility index (Phi) is 7.05. The van der Waals surface area contributed by atoms with E-state index in [1.165, 1.54) is 65.0 Å². The molecule has 0 bridgehead atoms. The molecule has 4 heterocycles. The average molecular weight is 802 g/mol. The summed E-state index contributed by atoms with van der Waals surface area (Å²) in [5.74, 6) is 0.788. The lowest BCUT2D eigenvalue weighted by Crippen LogP contribution is -2.04. The Morgan fingerprint density at radius 3 is 1.68 bits per heavy atom. The van der Waals surface area contributed by atoms with Gasteiger partial charge in [-0.15, -0.1) is 0 Å². The van der Waals surface area contributed by atoms with Crippen LogP contribution in [0.2, 0.25) is 0 Å². The molecule has 0 fully saturated rings. The quantitative estimate of drug-likeness (QED) is 0.178. The fourth-order valence-corrected chi connectivity index (χ4v) is 10.5. The third-order valence-electron chi connectivity index (χ3n) is 13.2. The molecule has 63 heavy (non-hydrogen) atoms. The number of fused-ring (bicyclic) bond motifs is 14. The lowest BCUT2D eigenvalue weighted by atomic mass is 10.0. The van der Waals surface area contributed by atoms with Gasteiger partial charge in [-0.25, -0.2) is 9.97 Å². The Balaban J connectivity index is 1.11. The molecule has 0 aliphatic heterocycles. The summed E-state index contributed by atoms with van der Waals surface area (Å²) < 4.78 is 7.20. The predicted octanol–water partition coefficient (Wildman–Crippen LogP) is 14.9. The molecule has 0 aliphatic carbocycles. The van der Waals surface area contributed by atoms with E-state index in [2.05, 4.69) is 220 Å². The summed E-state index contributed by atoms with van der Waals surface area (Å²) in [5.41, 5.74) is 12.5. The van der Waals surface area contributed by atoms with Gasteiger partial charge in [-0.1, -0.05) is 152 Å². The lowest BCUT2D eigenvalue weighted by Gasteiger charge is -2.15. The second kappa shape index (κ2) is 13.0. The zero-order chi connectivity index (χ0) is 41.2. The van der Waals surface area contributed by atoms with Crippen molar-refractivity contribution in [3.63, 3.8) is 0 Å². The molecule has 0 radical (unpaired) electrons.